The van der Waals surface area contributed by atoms with Crippen molar-refractivity contribution < 1.29 is 18.1 Å². The number of amides is 1. The number of nitrogens with one attached hydrogen (secondary N) is 2. The molecular weight excluding hydrogens is 252 g/mol. The number of carbonyl (C=O) groups excluding carboxylic acids is 1. The maximum atomic E-state index is 11.4. The van der Waals surface area contributed by atoms with Gasteiger partial charge in [0.25, 0.3) is 5.91 Å². The molecule has 94 valence electrons. The third-order valence-electron chi connectivity index (χ3n) is 1.78. The van der Waals surface area contributed by atoms with Crippen LogP contribution in [0, 0.1) is 10.1 Å². The number of H-pyrrole nitrogens is 1. The summed E-state index contributed by atoms with van der Waals surface area (Å²) >= 11 is 0. The van der Waals surface area contributed by atoms with Crippen molar-refractivity contribution in [2.75, 3.05) is 12.3 Å². The molecule has 0 saturated carbocycles. The zero-order valence-corrected chi connectivity index (χ0v) is 9.36. The fraction of sp³-hybridized carbons (Fsp3) is 0.286. The smallest absolute Gasteiger partial charge is 0.321 e. The molecule has 1 aromatic heterocycles. The predicted molar refractivity (Wildman–Crippen MR) is 57.8 cm³/mol. The highest BCUT2D eigenvalue weighted by Crippen LogP contribution is 2.09. The summed E-state index contributed by atoms with van der Waals surface area (Å²) in [4.78, 5) is 23.3. The SMILES string of the molecule is NS(=O)(=O)CCNC(=O)c1ccc([N+](=O)[O-])[nH]1. The van der Waals surface area contributed by atoms with Gasteiger partial charge >= 0.3 is 5.82 Å². The standard InChI is InChI=1S/C7H10N4O5S/c8-17(15,16)4-3-9-7(12)5-1-2-6(10-5)11(13)14/h1-2,10H,3-4H2,(H,9,12)(H2,8,15,16). The summed E-state index contributed by atoms with van der Waals surface area (Å²) < 4.78 is 21.1. The molecule has 0 atom stereocenters. The number of sulfonamides is 1. The van der Waals surface area contributed by atoms with E-state index in [-0.39, 0.29) is 18.1 Å². The zero-order chi connectivity index (χ0) is 13.1. The molecule has 1 heterocycles. The minimum Gasteiger partial charge on any atom is -0.358 e. The molecule has 0 aromatic carbocycles. The molecule has 0 spiro atoms. The van der Waals surface area contributed by atoms with Crippen molar-refractivity contribution in [3.8, 4) is 0 Å². The summed E-state index contributed by atoms with van der Waals surface area (Å²) in [5.74, 6) is -1.36. The minimum atomic E-state index is -3.64. The van der Waals surface area contributed by atoms with Crippen molar-refractivity contribution in [1.29, 1.82) is 0 Å². The number of primary sulfonamides is 1. The van der Waals surface area contributed by atoms with Crippen molar-refractivity contribution in [2.24, 2.45) is 5.14 Å². The van der Waals surface area contributed by atoms with Crippen LogP contribution in [-0.4, -0.2) is 36.5 Å². The number of nitro groups is 1. The largest absolute Gasteiger partial charge is 0.358 e. The number of hydrogen-bond donors (Lipinski definition) is 3. The molecule has 9 nitrogen and oxygen atoms in total. The van der Waals surface area contributed by atoms with Gasteiger partial charge in [-0.1, -0.05) is 0 Å². The number of rotatable bonds is 5. The molecule has 17 heavy (non-hydrogen) atoms. The summed E-state index contributed by atoms with van der Waals surface area (Å²) in [6.45, 7) is -0.162. The highest BCUT2D eigenvalue weighted by atomic mass is 32.2. The van der Waals surface area contributed by atoms with E-state index in [2.05, 4.69) is 10.3 Å². The highest BCUT2D eigenvalue weighted by molar-refractivity contribution is 7.89. The van der Waals surface area contributed by atoms with Gasteiger partial charge in [0.2, 0.25) is 10.0 Å². The molecule has 0 aliphatic heterocycles. The summed E-state index contributed by atoms with van der Waals surface area (Å²) in [6, 6.07) is 2.36. The minimum absolute atomic E-state index is 0.0221. The quantitative estimate of drug-likeness (QED) is 0.457. The van der Waals surface area contributed by atoms with Gasteiger partial charge in [-0.2, -0.15) is 0 Å². The van der Waals surface area contributed by atoms with Crippen LogP contribution >= 0.6 is 0 Å². The van der Waals surface area contributed by atoms with Gasteiger partial charge in [-0.25, -0.2) is 18.5 Å². The zero-order valence-electron chi connectivity index (χ0n) is 8.54. The van der Waals surface area contributed by atoms with Crippen molar-refractivity contribution >= 4 is 21.7 Å². The lowest BCUT2D eigenvalue weighted by Gasteiger charge is -2.00. The first-order valence-electron chi connectivity index (χ1n) is 4.41. The molecule has 0 unspecified atom stereocenters. The summed E-state index contributed by atoms with van der Waals surface area (Å²) in [5, 5.41) is 17.3. The number of hydrogen-bond acceptors (Lipinski definition) is 5. The lowest BCUT2D eigenvalue weighted by atomic mass is 10.4. The Hall–Kier alpha value is -1.94. The second-order valence-corrected chi connectivity index (χ2v) is 4.87. The number of nitrogens with two attached hydrogens (primary N) is 1. The number of nitrogens with zero attached hydrogens (tertiary/aromatic N) is 1. The van der Waals surface area contributed by atoms with Crippen LogP contribution in [0.3, 0.4) is 0 Å². The molecule has 4 N–H and O–H groups in total. The molecule has 0 aliphatic rings. The van der Waals surface area contributed by atoms with Crippen molar-refractivity contribution in [1.82, 2.24) is 10.3 Å². The van der Waals surface area contributed by atoms with Crippen LogP contribution in [0.4, 0.5) is 5.82 Å². The van der Waals surface area contributed by atoms with E-state index in [4.69, 9.17) is 5.14 Å². The van der Waals surface area contributed by atoms with E-state index in [0.29, 0.717) is 0 Å². The average molecular weight is 262 g/mol. The summed E-state index contributed by atoms with van der Waals surface area (Å²) in [5.41, 5.74) is -0.0221. The van der Waals surface area contributed by atoms with Gasteiger partial charge in [-0.3, -0.25) is 4.79 Å². The molecule has 1 amide bonds. The topological polar surface area (TPSA) is 148 Å². The third-order valence-corrected chi connectivity index (χ3v) is 2.56. The van der Waals surface area contributed by atoms with Crippen LogP contribution in [0.5, 0.6) is 0 Å². The second-order valence-electron chi connectivity index (χ2n) is 3.14. The van der Waals surface area contributed by atoms with Gasteiger partial charge < -0.3 is 15.4 Å². The van der Waals surface area contributed by atoms with Crippen LogP contribution in [0.15, 0.2) is 12.1 Å². The van der Waals surface area contributed by atoms with Crippen molar-refractivity contribution in [3.63, 3.8) is 0 Å². The van der Waals surface area contributed by atoms with Crippen LogP contribution in [0.2, 0.25) is 0 Å². The Bertz CT molecular complexity index is 534. The van der Waals surface area contributed by atoms with E-state index < -0.39 is 26.6 Å². The third kappa shape index (κ3) is 4.20. The summed E-state index contributed by atoms with van der Waals surface area (Å²) in [6.07, 6.45) is 0. The van der Waals surface area contributed by atoms with Gasteiger partial charge in [0.05, 0.1) is 5.75 Å². The lowest BCUT2D eigenvalue weighted by molar-refractivity contribution is -0.389. The molecule has 1 aromatic rings. The van der Waals surface area contributed by atoms with Gasteiger partial charge in [0, 0.05) is 12.6 Å². The van der Waals surface area contributed by atoms with Crippen molar-refractivity contribution in [2.45, 2.75) is 0 Å². The molecule has 0 saturated heterocycles. The van der Waals surface area contributed by atoms with Crippen LogP contribution in [0.1, 0.15) is 10.5 Å². The first kappa shape index (κ1) is 13.1. The molecule has 0 fully saturated rings. The van der Waals surface area contributed by atoms with E-state index in [0.717, 1.165) is 6.07 Å². The fourth-order valence-electron chi connectivity index (χ4n) is 1.02. The van der Waals surface area contributed by atoms with E-state index in [1.54, 1.807) is 0 Å². The highest BCUT2D eigenvalue weighted by Gasteiger charge is 2.15. The predicted octanol–water partition coefficient (Wildman–Crippen LogP) is -1.06. The Morgan fingerprint density at radius 3 is 2.65 bits per heavy atom. The molecule has 0 radical (unpaired) electrons. The molecule has 1 rings (SSSR count). The van der Waals surface area contributed by atoms with Crippen LogP contribution < -0.4 is 10.5 Å². The molecule has 0 bridgehead atoms. The molecule has 10 heteroatoms. The number of aromatic amines is 1. The first-order valence-corrected chi connectivity index (χ1v) is 6.13. The van der Waals surface area contributed by atoms with Gasteiger partial charge in [0.1, 0.15) is 0 Å². The van der Waals surface area contributed by atoms with Crippen LogP contribution in [-0.2, 0) is 10.0 Å². The Labute approximate surface area is 96.2 Å². The Kier molecular flexibility index (Phi) is 3.81. The first-order chi connectivity index (χ1) is 7.79. The summed E-state index contributed by atoms with van der Waals surface area (Å²) in [7, 11) is -3.64. The van der Waals surface area contributed by atoms with Gasteiger partial charge in [-0.15, -0.1) is 0 Å². The van der Waals surface area contributed by atoms with Crippen LogP contribution in [0.25, 0.3) is 0 Å². The van der Waals surface area contributed by atoms with E-state index in [1.165, 1.54) is 6.07 Å². The lowest BCUT2D eigenvalue weighted by Crippen LogP contribution is -2.31. The van der Waals surface area contributed by atoms with Gasteiger partial charge in [-0.05, 0) is 11.0 Å². The Balaban J connectivity index is 2.55. The Morgan fingerprint density at radius 1 is 1.53 bits per heavy atom. The number of aromatic nitrogens is 1. The van der Waals surface area contributed by atoms with E-state index in [1.807, 2.05) is 0 Å². The maximum Gasteiger partial charge on any atom is 0.321 e. The Morgan fingerprint density at radius 2 is 2.18 bits per heavy atom. The van der Waals surface area contributed by atoms with Crippen molar-refractivity contribution in [3.05, 3.63) is 27.9 Å². The molecule has 0 aliphatic carbocycles. The average Bonchev–Trinajstić information content (AvgIpc) is 2.63. The van der Waals surface area contributed by atoms with E-state index >= 15 is 0 Å². The molecular formula is C7H10N4O5S. The maximum absolute atomic E-state index is 11.4. The fourth-order valence-corrected chi connectivity index (χ4v) is 1.41. The van der Waals surface area contributed by atoms with Gasteiger partial charge in [0.15, 0.2) is 5.69 Å². The van der Waals surface area contributed by atoms with E-state index in [9.17, 15) is 23.3 Å². The normalized spacial score (nSPS) is 11.1. The number of carbonyl (C=O) groups is 1. The monoisotopic (exact) mass is 262 g/mol. The second kappa shape index (κ2) is 4.93.